The fourth-order valence-corrected chi connectivity index (χ4v) is 3.90. The van der Waals surface area contributed by atoms with Crippen LogP contribution in [-0.4, -0.2) is 34.9 Å². The topological polar surface area (TPSA) is 58.6 Å². The first-order valence-corrected chi connectivity index (χ1v) is 9.73. The maximum atomic E-state index is 11.7. The fourth-order valence-electron chi connectivity index (χ4n) is 3.90. The smallest absolute Gasteiger partial charge is 0.217 e. The van der Waals surface area contributed by atoms with E-state index in [-0.39, 0.29) is 29.1 Å². The van der Waals surface area contributed by atoms with Crippen molar-refractivity contribution in [3.05, 3.63) is 35.9 Å². The van der Waals surface area contributed by atoms with Crippen LogP contribution in [0.25, 0.3) is 0 Å². The second kappa shape index (κ2) is 8.53. The van der Waals surface area contributed by atoms with Crippen LogP contribution in [0.4, 0.5) is 0 Å². The van der Waals surface area contributed by atoms with Crippen molar-refractivity contribution in [3.63, 3.8) is 0 Å². The number of aliphatic hydroxyl groups is 1. The third kappa shape index (κ3) is 6.40. The number of hydrogen-bond acceptors (Lipinski definition) is 3. The Labute approximate surface area is 158 Å². The summed E-state index contributed by atoms with van der Waals surface area (Å²) in [5.41, 5.74) is 0.950. The highest BCUT2D eigenvalue weighted by molar-refractivity contribution is 5.73. The van der Waals surface area contributed by atoms with Crippen LogP contribution in [0.5, 0.6) is 0 Å². The van der Waals surface area contributed by atoms with Gasteiger partial charge in [0.15, 0.2) is 0 Å². The minimum absolute atomic E-state index is 0.00656. The van der Waals surface area contributed by atoms with Crippen LogP contribution in [0, 0.1) is 5.41 Å². The number of carbonyl (C=O) groups is 1. The molecule has 2 rings (SSSR count). The summed E-state index contributed by atoms with van der Waals surface area (Å²) in [6, 6.07) is 10.2. The number of nitrogens with one attached hydrogen (secondary N) is 1. The van der Waals surface area contributed by atoms with Crippen molar-refractivity contribution in [2.75, 3.05) is 0 Å². The average Bonchev–Trinajstić information content (AvgIpc) is 2.51. The Balaban J connectivity index is 1.98. The zero-order chi connectivity index (χ0) is 19.4. The van der Waals surface area contributed by atoms with Gasteiger partial charge in [-0.2, -0.15) is 0 Å². The Bertz CT molecular complexity index is 581. The van der Waals surface area contributed by atoms with Crippen molar-refractivity contribution >= 4 is 5.91 Å². The van der Waals surface area contributed by atoms with Crippen LogP contribution in [0.1, 0.15) is 65.9 Å². The van der Waals surface area contributed by atoms with E-state index in [9.17, 15) is 9.90 Å². The third-order valence-electron chi connectivity index (χ3n) is 5.26. The molecule has 0 spiro atoms. The molecule has 146 valence electrons. The van der Waals surface area contributed by atoms with Crippen LogP contribution in [0.3, 0.4) is 0 Å². The highest BCUT2D eigenvalue weighted by Gasteiger charge is 2.43. The van der Waals surface area contributed by atoms with Gasteiger partial charge in [-0.3, -0.25) is 4.79 Å². The molecule has 1 saturated heterocycles. The highest BCUT2D eigenvalue weighted by atomic mass is 16.5. The molecule has 1 fully saturated rings. The first-order valence-electron chi connectivity index (χ1n) is 9.73. The summed E-state index contributed by atoms with van der Waals surface area (Å²) in [7, 11) is 0. The maximum absolute atomic E-state index is 11.7. The van der Waals surface area contributed by atoms with Crippen LogP contribution in [0.2, 0.25) is 0 Å². The Morgan fingerprint density at radius 1 is 1.31 bits per heavy atom. The number of benzene rings is 1. The molecule has 4 nitrogen and oxygen atoms in total. The van der Waals surface area contributed by atoms with E-state index in [1.807, 2.05) is 18.2 Å². The second-order valence-electron chi connectivity index (χ2n) is 9.18. The van der Waals surface area contributed by atoms with E-state index in [1.54, 1.807) is 6.92 Å². The molecule has 26 heavy (non-hydrogen) atoms. The second-order valence-corrected chi connectivity index (χ2v) is 9.18. The number of amides is 1. The summed E-state index contributed by atoms with van der Waals surface area (Å²) in [4.78, 5) is 11.7. The Morgan fingerprint density at radius 2 is 1.96 bits per heavy atom. The third-order valence-corrected chi connectivity index (χ3v) is 5.26. The van der Waals surface area contributed by atoms with Gasteiger partial charge < -0.3 is 15.2 Å². The molecule has 0 aromatic heterocycles. The summed E-state index contributed by atoms with van der Waals surface area (Å²) in [6.45, 7) is 10.2. The summed E-state index contributed by atoms with van der Waals surface area (Å²) in [6.07, 6.45) is 3.33. The SMILES string of the molecule is CC(=O)N[C@]1(C)C[C@@H](C[C@@H](O)CCc2ccccc2)O[C@@H](C(C)(C)C)C1. The molecule has 1 amide bonds. The summed E-state index contributed by atoms with van der Waals surface area (Å²) in [5, 5.41) is 13.7. The van der Waals surface area contributed by atoms with Crippen LogP contribution in [-0.2, 0) is 16.0 Å². The monoisotopic (exact) mass is 361 g/mol. The van der Waals surface area contributed by atoms with Gasteiger partial charge in [-0.05, 0) is 50.0 Å². The molecule has 0 saturated carbocycles. The van der Waals surface area contributed by atoms with Gasteiger partial charge in [0.05, 0.1) is 18.3 Å². The molecular formula is C22H35NO3. The molecule has 2 N–H and O–H groups in total. The molecule has 1 aromatic rings. The molecule has 0 radical (unpaired) electrons. The van der Waals surface area contributed by atoms with Gasteiger partial charge >= 0.3 is 0 Å². The van der Waals surface area contributed by atoms with Crippen molar-refractivity contribution in [2.24, 2.45) is 5.41 Å². The number of ether oxygens (including phenoxy) is 1. The lowest BCUT2D eigenvalue weighted by molar-refractivity contribution is -0.143. The minimum Gasteiger partial charge on any atom is -0.393 e. The predicted octanol–water partition coefficient (Wildman–Crippen LogP) is 3.86. The molecule has 0 unspecified atom stereocenters. The van der Waals surface area contributed by atoms with Crippen molar-refractivity contribution in [1.82, 2.24) is 5.32 Å². The first-order chi connectivity index (χ1) is 12.1. The molecule has 1 aromatic carbocycles. The largest absolute Gasteiger partial charge is 0.393 e. The zero-order valence-electron chi connectivity index (χ0n) is 16.9. The van der Waals surface area contributed by atoms with E-state index in [2.05, 4.69) is 45.1 Å². The quantitative estimate of drug-likeness (QED) is 0.809. The van der Waals surface area contributed by atoms with Crippen molar-refractivity contribution in [2.45, 2.75) is 90.6 Å². The van der Waals surface area contributed by atoms with Gasteiger partial charge in [0.1, 0.15) is 0 Å². The number of carbonyl (C=O) groups excluding carboxylic acids is 1. The van der Waals surface area contributed by atoms with E-state index in [0.717, 1.165) is 25.7 Å². The van der Waals surface area contributed by atoms with Gasteiger partial charge in [-0.25, -0.2) is 0 Å². The van der Waals surface area contributed by atoms with E-state index < -0.39 is 6.10 Å². The summed E-state index contributed by atoms with van der Waals surface area (Å²) in [5.74, 6) is -0.00886. The number of rotatable bonds is 6. The molecular weight excluding hydrogens is 326 g/mol. The lowest BCUT2D eigenvalue weighted by Crippen LogP contribution is -2.56. The molecule has 0 aliphatic carbocycles. The standard InChI is InChI=1S/C22H35NO3/c1-16(24)23-22(5)14-19(26-20(15-22)21(2,3)4)13-18(25)12-11-17-9-7-6-8-10-17/h6-10,18-20,25H,11-15H2,1-5H3,(H,23,24)/t18-,19+,20+,22+/m0/s1. The maximum Gasteiger partial charge on any atom is 0.217 e. The normalized spacial score (nSPS) is 27.8. The molecule has 0 bridgehead atoms. The van der Waals surface area contributed by atoms with Crippen molar-refractivity contribution in [3.8, 4) is 0 Å². The highest BCUT2D eigenvalue weighted by Crippen LogP contribution is 2.38. The Hall–Kier alpha value is -1.39. The number of aliphatic hydroxyl groups excluding tert-OH is 1. The lowest BCUT2D eigenvalue weighted by Gasteiger charge is -2.47. The van der Waals surface area contributed by atoms with Gasteiger partial charge in [0.2, 0.25) is 5.91 Å². The van der Waals surface area contributed by atoms with E-state index >= 15 is 0 Å². The summed E-state index contributed by atoms with van der Waals surface area (Å²) < 4.78 is 6.34. The van der Waals surface area contributed by atoms with Crippen LogP contribution < -0.4 is 5.32 Å². The molecule has 1 aliphatic heterocycles. The van der Waals surface area contributed by atoms with Gasteiger partial charge in [-0.15, -0.1) is 0 Å². The first kappa shape index (κ1) is 20.9. The van der Waals surface area contributed by atoms with Crippen molar-refractivity contribution in [1.29, 1.82) is 0 Å². The Morgan fingerprint density at radius 3 is 2.54 bits per heavy atom. The molecule has 4 atom stereocenters. The fraction of sp³-hybridized carbons (Fsp3) is 0.682. The van der Waals surface area contributed by atoms with Gasteiger partial charge in [0, 0.05) is 12.5 Å². The number of aryl methyl sites for hydroxylation is 1. The average molecular weight is 362 g/mol. The Kier molecular flexibility index (Phi) is 6.86. The van der Waals surface area contributed by atoms with E-state index in [1.165, 1.54) is 5.56 Å². The lowest BCUT2D eigenvalue weighted by atomic mass is 9.75. The van der Waals surface area contributed by atoms with Crippen LogP contribution in [0.15, 0.2) is 30.3 Å². The van der Waals surface area contributed by atoms with Gasteiger partial charge in [-0.1, -0.05) is 51.1 Å². The molecule has 4 heteroatoms. The zero-order valence-corrected chi connectivity index (χ0v) is 16.9. The van der Waals surface area contributed by atoms with E-state index in [4.69, 9.17) is 4.74 Å². The van der Waals surface area contributed by atoms with E-state index in [0.29, 0.717) is 6.42 Å². The van der Waals surface area contributed by atoms with Gasteiger partial charge in [0.25, 0.3) is 0 Å². The summed E-state index contributed by atoms with van der Waals surface area (Å²) >= 11 is 0. The molecule has 1 aliphatic rings. The number of hydrogen-bond donors (Lipinski definition) is 2. The predicted molar refractivity (Wildman–Crippen MR) is 105 cm³/mol. The minimum atomic E-state index is -0.402. The molecule has 1 heterocycles. The van der Waals surface area contributed by atoms with Crippen molar-refractivity contribution < 1.29 is 14.6 Å². The van der Waals surface area contributed by atoms with Crippen LogP contribution >= 0.6 is 0 Å².